The van der Waals surface area contributed by atoms with Crippen LogP contribution in [0.2, 0.25) is 0 Å². The van der Waals surface area contributed by atoms with Crippen LogP contribution in [0.3, 0.4) is 0 Å². The van der Waals surface area contributed by atoms with Crippen molar-refractivity contribution in [2.75, 3.05) is 0 Å². The van der Waals surface area contributed by atoms with E-state index in [1.165, 1.54) is 5.57 Å². The van der Waals surface area contributed by atoms with Crippen molar-refractivity contribution in [3.8, 4) is 0 Å². The standard InChI is InChI=1S/C14H20O4/c1-9(2)4-3-5-10-6-7-11(13(15)16)12(8-10)14(17)18/h4-5,11-12H,3,6-8H2,1-2H3,(H,15,16)(H,17,18)/b10-5+/t11-,12-/m1/s1. The third kappa shape index (κ3) is 4.02. The minimum atomic E-state index is -1.00. The zero-order valence-electron chi connectivity index (χ0n) is 10.8. The van der Waals surface area contributed by atoms with E-state index in [0.29, 0.717) is 19.3 Å². The number of allylic oxidation sites excluding steroid dienone is 4. The molecular formula is C14H20O4. The first-order chi connectivity index (χ1) is 8.41. The van der Waals surface area contributed by atoms with Gasteiger partial charge in [0.2, 0.25) is 0 Å². The van der Waals surface area contributed by atoms with E-state index in [9.17, 15) is 9.59 Å². The van der Waals surface area contributed by atoms with Crippen LogP contribution in [0.15, 0.2) is 23.3 Å². The Bertz CT molecular complexity index is 389. The molecule has 0 spiro atoms. The van der Waals surface area contributed by atoms with Crippen molar-refractivity contribution in [1.82, 2.24) is 0 Å². The molecule has 4 heteroatoms. The molecule has 0 amide bonds. The Hall–Kier alpha value is -1.58. The largest absolute Gasteiger partial charge is 0.481 e. The van der Waals surface area contributed by atoms with E-state index in [-0.39, 0.29) is 0 Å². The van der Waals surface area contributed by atoms with E-state index < -0.39 is 23.8 Å². The van der Waals surface area contributed by atoms with Gasteiger partial charge in [0, 0.05) is 0 Å². The van der Waals surface area contributed by atoms with Crippen LogP contribution in [0.4, 0.5) is 0 Å². The summed E-state index contributed by atoms with van der Waals surface area (Å²) >= 11 is 0. The second kappa shape index (κ2) is 6.38. The molecule has 0 radical (unpaired) electrons. The fourth-order valence-electron chi connectivity index (χ4n) is 2.27. The first kappa shape index (κ1) is 14.5. The molecule has 4 nitrogen and oxygen atoms in total. The van der Waals surface area contributed by atoms with Gasteiger partial charge in [-0.15, -0.1) is 0 Å². The molecule has 18 heavy (non-hydrogen) atoms. The average molecular weight is 252 g/mol. The Labute approximate surface area is 107 Å². The van der Waals surface area contributed by atoms with Crippen LogP contribution in [-0.2, 0) is 9.59 Å². The van der Waals surface area contributed by atoms with Crippen LogP contribution in [0.1, 0.15) is 39.5 Å². The fraction of sp³-hybridized carbons (Fsp3) is 0.571. The van der Waals surface area contributed by atoms with Gasteiger partial charge in [0.15, 0.2) is 0 Å². The van der Waals surface area contributed by atoms with Crippen molar-refractivity contribution >= 4 is 11.9 Å². The number of carboxylic acids is 2. The molecule has 0 saturated heterocycles. The highest BCUT2D eigenvalue weighted by Gasteiger charge is 2.37. The molecule has 100 valence electrons. The van der Waals surface area contributed by atoms with Gasteiger partial charge in [-0.1, -0.05) is 23.3 Å². The molecule has 0 unspecified atom stereocenters. The summed E-state index contributed by atoms with van der Waals surface area (Å²) in [6.45, 7) is 4.03. The van der Waals surface area contributed by atoms with E-state index in [4.69, 9.17) is 10.2 Å². The maximum absolute atomic E-state index is 11.1. The minimum absolute atomic E-state index is 0.364. The number of hydrogen-bond donors (Lipinski definition) is 2. The normalized spacial score (nSPS) is 25.8. The lowest BCUT2D eigenvalue weighted by molar-refractivity contribution is -0.154. The zero-order valence-corrected chi connectivity index (χ0v) is 10.8. The van der Waals surface area contributed by atoms with E-state index in [1.807, 2.05) is 19.9 Å². The summed E-state index contributed by atoms with van der Waals surface area (Å²) in [7, 11) is 0. The lowest BCUT2D eigenvalue weighted by atomic mass is 9.76. The molecule has 1 aliphatic rings. The first-order valence-electron chi connectivity index (χ1n) is 6.18. The lowest BCUT2D eigenvalue weighted by Crippen LogP contribution is -2.33. The monoisotopic (exact) mass is 252 g/mol. The van der Waals surface area contributed by atoms with Crippen molar-refractivity contribution in [3.63, 3.8) is 0 Å². The molecule has 0 aromatic rings. The summed E-state index contributed by atoms with van der Waals surface area (Å²) in [5.74, 6) is -3.53. The highest BCUT2D eigenvalue weighted by atomic mass is 16.4. The number of aliphatic carboxylic acids is 2. The summed E-state index contributed by atoms with van der Waals surface area (Å²) in [4.78, 5) is 22.1. The Balaban J connectivity index is 2.71. The van der Waals surface area contributed by atoms with E-state index in [1.54, 1.807) is 0 Å². The van der Waals surface area contributed by atoms with Crippen LogP contribution in [0.5, 0.6) is 0 Å². The highest BCUT2D eigenvalue weighted by Crippen LogP contribution is 2.34. The molecule has 1 rings (SSSR count). The molecular weight excluding hydrogens is 232 g/mol. The van der Waals surface area contributed by atoms with Gasteiger partial charge < -0.3 is 10.2 Å². The Morgan fingerprint density at radius 1 is 1.22 bits per heavy atom. The van der Waals surface area contributed by atoms with Gasteiger partial charge in [0.1, 0.15) is 0 Å². The molecule has 0 aromatic heterocycles. The highest BCUT2D eigenvalue weighted by molar-refractivity contribution is 5.80. The van der Waals surface area contributed by atoms with Crippen LogP contribution >= 0.6 is 0 Å². The molecule has 2 N–H and O–H groups in total. The second-order valence-corrected chi connectivity index (χ2v) is 5.01. The summed E-state index contributed by atoms with van der Waals surface area (Å²) in [6.07, 6.45) is 6.38. The van der Waals surface area contributed by atoms with Crippen molar-refractivity contribution < 1.29 is 19.8 Å². The quantitative estimate of drug-likeness (QED) is 0.754. The predicted molar refractivity (Wildman–Crippen MR) is 68.2 cm³/mol. The van der Waals surface area contributed by atoms with E-state index in [2.05, 4.69) is 6.08 Å². The van der Waals surface area contributed by atoms with E-state index >= 15 is 0 Å². The third-order valence-corrected chi connectivity index (χ3v) is 3.31. The minimum Gasteiger partial charge on any atom is -0.481 e. The molecule has 0 heterocycles. The van der Waals surface area contributed by atoms with Crippen molar-refractivity contribution in [2.45, 2.75) is 39.5 Å². The second-order valence-electron chi connectivity index (χ2n) is 5.01. The molecule has 0 aromatic carbocycles. The third-order valence-electron chi connectivity index (χ3n) is 3.31. The average Bonchev–Trinajstić information content (AvgIpc) is 2.28. The Kier molecular flexibility index (Phi) is 5.13. The Morgan fingerprint density at radius 2 is 1.83 bits per heavy atom. The maximum Gasteiger partial charge on any atom is 0.307 e. The summed E-state index contributed by atoms with van der Waals surface area (Å²) in [5.41, 5.74) is 2.29. The van der Waals surface area contributed by atoms with Gasteiger partial charge in [-0.25, -0.2) is 0 Å². The smallest absolute Gasteiger partial charge is 0.307 e. The molecule has 2 atom stereocenters. The van der Waals surface area contributed by atoms with Crippen LogP contribution in [0, 0.1) is 11.8 Å². The lowest BCUT2D eigenvalue weighted by Gasteiger charge is -2.27. The van der Waals surface area contributed by atoms with Gasteiger partial charge in [-0.3, -0.25) is 9.59 Å². The van der Waals surface area contributed by atoms with Gasteiger partial charge in [0.05, 0.1) is 11.8 Å². The molecule has 1 fully saturated rings. The fourth-order valence-corrected chi connectivity index (χ4v) is 2.27. The number of hydrogen-bond acceptors (Lipinski definition) is 2. The maximum atomic E-state index is 11.1. The van der Waals surface area contributed by atoms with Crippen LogP contribution in [0.25, 0.3) is 0 Å². The van der Waals surface area contributed by atoms with Gasteiger partial charge in [-0.2, -0.15) is 0 Å². The number of carboxylic acid groups (broad SMARTS) is 2. The van der Waals surface area contributed by atoms with Gasteiger partial charge >= 0.3 is 11.9 Å². The van der Waals surface area contributed by atoms with Gasteiger partial charge in [-0.05, 0) is 39.5 Å². The summed E-state index contributed by atoms with van der Waals surface area (Å²) < 4.78 is 0. The zero-order chi connectivity index (χ0) is 13.7. The van der Waals surface area contributed by atoms with Crippen LogP contribution < -0.4 is 0 Å². The molecule has 1 aliphatic carbocycles. The molecule has 0 bridgehead atoms. The van der Waals surface area contributed by atoms with Crippen molar-refractivity contribution in [1.29, 1.82) is 0 Å². The topological polar surface area (TPSA) is 74.6 Å². The van der Waals surface area contributed by atoms with Crippen molar-refractivity contribution in [3.05, 3.63) is 23.3 Å². The van der Waals surface area contributed by atoms with Crippen molar-refractivity contribution in [2.24, 2.45) is 11.8 Å². The van der Waals surface area contributed by atoms with E-state index in [0.717, 1.165) is 12.0 Å². The first-order valence-corrected chi connectivity index (χ1v) is 6.18. The summed E-state index contributed by atoms with van der Waals surface area (Å²) in [6, 6.07) is 0. The number of rotatable bonds is 4. The van der Waals surface area contributed by atoms with Crippen LogP contribution in [-0.4, -0.2) is 22.2 Å². The predicted octanol–water partition coefficient (Wildman–Crippen LogP) is 2.85. The summed E-state index contributed by atoms with van der Waals surface area (Å²) in [5, 5.41) is 18.1. The number of carbonyl (C=O) groups is 2. The van der Waals surface area contributed by atoms with Gasteiger partial charge in [0.25, 0.3) is 0 Å². The molecule has 1 saturated carbocycles. The Morgan fingerprint density at radius 3 is 2.33 bits per heavy atom. The molecule has 0 aliphatic heterocycles. The SMILES string of the molecule is CC(C)=CC/C=C1\CC[C@@H](C(=O)O)[C@H](C(=O)O)C1.